The fourth-order valence-corrected chi connectivity index (χ4v) is 2.37. The quantitative estimate of drug-likeness (QED) is 0.422. The number of aliphatic imine (C=N–C) groups is 1. The maximum absolute atomic E-state index is 14.4. The van der Waals surface area contributed by atoms with Gasteiger partial charge in [-0.2, -0.15) is 0 Å². The van der Waals surface area contributed by atoms with Gasteiger partial charge < -0.3 is 9.80 Å². The van der Waals surface area contributed by atoms with E-state index in [0.717, 1.165) is 6.54 Å². The van der Waals surface area contributed by atoms with Crippen molar-refractivity contribution in [3.63, 3.8) is 0 Å². The predicted octanol–water partition coefficient (Wildman–Crippen LogP) is 4.20. The normalized spacial score (nSPS) is 11.0. The van der Waals surface area contributed by atoms with Crippen LogP contribution >= 0.6 is 0 Å². The van der Waals surface area contributed by atoms with Crippen molar-refractivity contribution in [1.82, 2.24) is 4.90 Å². The van der Waals surface area contributed by atoms with Gasteiger partial charge in [-0.15, -0.1) is 0 Å². The minimum atomic E-state index is -0.612. The van der Waals surface area contributed by atoms with Gasteiger partial charge in [-0.25, -0.2) is 13.8 Å². The van der Waals surface area contributed by atoms with Crippen LogP contribution in [0.1, 0.15) is 22.8 Å². The van der Waals surface area contributed by atoms with E-state index in [1.54, 1.807) is 37.3 Å². The Morgan fingerprint density at radius 2 is 1.92 bits per heavy atom. The molecule has 138 valence electrons. The molecule has 0 unspecified atom stereocenters. The SMILES string of the molecule is CCN(C)/C=N/c1cc(F)c(C(=O)CN(C)c2cccc(F)c2)cc1C. The van der Waals surface area contributed by atoms with Crippen molar-refractivity contribution in [2.75, 3.05) is 32.1 Å². The van der Waals surface area contributed by atoms with Crippen molar-refractivity contribution in [3.05, 3.63) is 59.2 Å². The third-order valence-electron chi connectivity index (χ3n) is 4.11. The molecule has 0 bridgehead atoms. The summed E-state index contributed by atoms with van der Waals surface area (Å²) in [4.78, 5) is 20.2. The molecule has 0 aliphatic carbocycles. The molecule has 2 aromatic carbocycles. The van der Waals surface area contributed by atoms with Gasteiger partial charge in [0.1, 0.15) is 11.6 Å². The third-order valence-corrected chi connectivity index (χ3v) is 4.11. The van der Waals surface area contributed by atoms with Gasteiger partial charge in [0.2, 0.25) is 0 Å². The average molecular weight is 359 g/mol. The molecule has 2 aromatic rings. The van der Waals surface area contributed by atoms with Crippen LogP contribution in [0.3, 0.4) is 0 Å². The number of carbonyl (C=O) groups is 1. The molecule has 0 heterocycles. The van der Waals surface area contributed by atoms with Gasteiger partial charge in [-0.05, 0) is 43.7 Å². The topological polar surface area (TPSA) is 35.9 Å². The number of aryl methyl sites for hydroxylation is 1. The van der Waals surface area contributed by atoms with Gasteiger partial charge in [0.05, 0.1) is 24.1 Å². The number of hydrogen-bond acceptors (Lipinski definition) is 3. The van der Waals surface area contributed by atoms with Crippen molar-refractivity contribution in [3.8, 4) is 0 Å². The second kappa shape index (κ2) is 8.56. The minimum Gasteiger partial charge on any atom is -0.367 e. The van der Waals surface area contributed by atoms with Gasteiger partial charge in [-0.3, -0.25) is 4.79 Å². The number of likely N-dealkylation sites (N-methyl/N-ethyl adjacent to an activating group) is 1. The highest BCUT2D eigenvalue weighted by Gasteiger charge is 2.16. The Kier molecular flexibility index (Phi) is 6.44. The lowest BCUT2D eigenvalue weighted by atomic mass is 10.0. The van der Waals surface area contributed by atoms with Crippen molar-refractivity contribution < 1.29 is 13.6 Å². The molecule has 0 N–H and O–H groups in total. The summed E-state index contributed by atoms with van der Waals surface area (Å²) in [7, 11) is 3.53. The Morgan fingerprint density at radius 1 is 1.19 bits per heavy atom. The number of anilines is 1. The number of Topliss-reactive ketones (excluding diaryl/α,β-unsaturated/α-hetero) is 1. The molecular formula is C20H23F2N3O. The second-order valence-corrected chi connectivity index (χ2v) is 6.20. The molecule has 2 rings (SSSR count). The third kappa shape index (κ3) is 4.88. The van der Waals surface area contributed by atoms with Crippen LogP contribution in [0.2, 0.25) is 0 Å². The average Bonchev–Trinajstić information content (AvgIpc) is 2.61. The second-order valence-electron chi connectivity index (χ2n) is 6.20. The molecule has 0 radical (unpaired) electrons. The van der Waals surface area contributed by atoms with Crippen LogP contribution in [0.15, 0.2) is 41.4 Å². The van der Waals surface area contributed by atoms with Crippen molar-refractivity contribution in [2.24, 2.45) is 4.99 Å². The summed E-state index contributed by atoms with van der Waals surface area (Å²) < 4.78 is 27.7. The van der Waals surface area contributed by atoms with Crippen molar-refractivity contribution >= 4 is 23.5 Å². The first kappa shape index (κ1) is 19.6. The highest BCUT2D eigenvalue weighted by Crippen LogP contribution is 2.24. The standard InChI is InChI=1S/C20H23F2N3O/c1-5-24(3)13-23-19-11-18(22)17(9-14(19)2)20(26)12-25(4)16-8-6-7-15(21)10-16/h6-11,13H,5,12H2,1-4H3/b23-13+. The van der Waals surface area contributed by atoms with Crippen molar-refractivity contribution in [1.29, 1.82) is 0 Å². The molecule has 6 heteroatoms. The zero-order valence-electron chi connectivity index (χ0n) is 15.5. The Labute approximate surface area is 152 Å². The highest BCUT2D eigenvalue weighted by atomic mass is 19.1. The monoisotopic (exact) mass is 359 g/mol. The molecule has 0 spiro atoms. The highest BCUT2D eigenvalue weighted by molar-refractivity contribution is 6.00. The van der Waals surface area contributed by atoms with E-state index >= 15 is 0 Å². The van der Waals surface area contributed by atoms with E-state index in [2.05, 4.69) is 4.99 Å². The van der Waals surface area contributed by atoms with Crippen LogP contribution in [0, 0.1) is 18.6 Å². The zero-order chi connectivity index (χ0) is 19.3. The van der Waals surface area contributed by atoms with Crippen LogP contribution < -0.4 is 4.90 Å². The van der Waals surface area contributed by atoms with Crippen LogP contribution in [-0.4, -0.2) is 44.2 Å². The Hall–Kier alpha value is -2.76. The van der Waals surface area contributed by atoms with E-state index in [1.165, 1.54) is 24.3 Å². The molecule has 26 heavy (non-hydrogen) atoms. The largest absolute Gasteiger partial charge is 0.367 e. The number of benzene rings is 2. The number of halogens is 2. The summed E-state index contributed by atoms with van der Waals surface area (Å²) in [5.74, 6) is -1.37. The number of rotatable bonds is 7. The summed E-state index contributed by atoms with van der Waals surface area (Å²) in [6, 6.07) is 8.70. The Balaban J connectivity index is 2.19. The van der Waals surface area contributed by atoms with Gasteiger partial charge in [0.15, 0.2) is 5.78 Å². The molecule has 0 fully saturated rings. The van der Waals surface area contributed by atoms with E-state index in [9.17, 15) is 13.6 Å². The fraction of sp³-hybridized carbons (Fsp3) is 0.300. The molecule has 0 aliphatic rings. The number of hydrogen-bond donors (Lipinski definition) is 0. The Morgan fingerprint density at radius 3 is 2.58 bits per heavy atom. The van der Waals surface area contributed by atoms with Crippen LogP contribution in [0.4, 0.5) is 20.2 Å². The summed E-state index contributed by atoms with van der Waals surface area (Å²) in [5, 5.41) is 0. The maximum atomic E-state index is 14.4. The molecule has 0 amide bonds. The first-order chi connectivity index (χ1) is 12.3. The molecule has 0 aliphatic heterocycles. The van der Waals surface area contributed by atoms with Gasteiger partial charge >= 0.3 is 0 Å². The van der Waals surface area contributed by atoms with Crippen LogP contribution in [0.25, 0.3) is 0 Å². The van der Waals surface area contributed by atoms with E-state index in [-0.39, 0.29) is 23.7 Å². The summed E-state index contributed by atoms with van der Waals surface area (Å²) >= 11 is 0. The number of ketones is 1. The van der Waals surface area contributed by atoms with Gasteiger partial charge in [0.25, 0.3) is 0 Å². The maximum Gasteiger partial charge on any atom is 0.185 e. The Bertz CT molecular complexity index is 821. The first-order valence-corrected chi connectivity index (χ1v) is 8.36. The van der Waals surface area contributed by atoms with E-state index in [0.29, 0.717) is 16.9 Å². The zero-order valence-corrected chi connectivity index (χ0v) is 15.5. The summed E-state index contributed by atoms with van der Waals surface area (Å²) in [6.07, 6.45) is 1.63. The fourth-order valence-electron chi connectivity index (χ4n) is 2.37. The lowest BCUT2D eigenvalue weighted by Gasteiger charge is -2.19. The lowest BCUT2D eigenvalue weighted by molar-refractivity contribution is 0.0996. The molecule has 0 saturated carbocycles. The van der Waals surface area contributed by atoms with E-state index in [1.807, 2.05) is 18.9 Å². The van der Waals surface area contributed by atoms with Crippen molar-refractivity contribution in [2.45, 2.75) is 13.8 Å². The van der Waals surface area contributed by atoms with Crippen LogP contribution in [-0.2, 0) is 0 Å². The smallest absolute Gasteiger partial charge is 0.185 e. The number of nitrogens with zero attached hydrogens (tertiary/aromatic N) is 3. The summed E-state index contributed by atoms with van der Waals surface area (Å²) in [5.41, 5.74) is 1.76. The molecule has 0 aromatic heterocycles. The first-order valence-electron chi connectivity index (χ1n) is 8.36. The van der Waals surface area contributed by atoms with Gasteiger partial charge in [0, 0.05) is 32.4 Å². The minimum absolute atomic E-state index is 0.00792. The number of carbonyl (C=O) groups excluding carboxylic acids is 1. The molecule has 0 saturated heterocycles. The molecular weight excluding hydrogens is 336 g/mol. The lowest BCUT2D eigenvalue weighted by Crippen LogP contribution is -2.26. The predicted molar refractivity (Wildman–Crippen MR) is 102 cm³/mol. The molecule has 0 atom stereocenters. The molecule has 4 nitrogen and oxygen atoms in total. The van der Waals surface area contributed by atoms with Crippen LogP contribution in [0.5, 0.6) is 0 Å². The summed E-state index contributed by atoms with van der Waals surface area (Å²) in [6.45, 7) is 4.50. The van der Waals surface area contributed by atoms with E-state index in [4.69, 9.17) is 0 Å². The van der Waals surface area contributed by atoms with Gasteiger partial charge in [-0.1, -0.05) is 6.07 Å². The van der Waals surface area contributed by atoms with E-state index < -0.39 is 5.82 Å².